The van der Waals surface area contributed by atoms with Crippen LogP contribution in [0, 0.1) is 18.8 Å². The van der Waals surface area contributed by atoms with Crippen LogP contribution in [0.3, 0.4) is 0 Å². The molecule has 2 rings (SSSR count). The fourth-order valence-electron chi connectivity index (χ4n) is 3.12. The first-order chi connectivity index (χ1) is 8.99. The van der Waals surface area contributed by atoms with Crippen LogP contribution in [-0.2, 0) is 0 Å². The number of hydrogen-bond acceptors (Lipinski definition) is 2. The van der Waals surface area contributed by atoms with Crippen LogP contribution in [0.15, 0.2) is 12.3 Å². The molecule has 0 unspecified atom stereocenters. The summed E-state index contributed by atoms with van der Waals surface area (Å²) >= 11 is 0. The van der Waals surface area contributed by atoms with Crippen molar-refractivity contribution >= 4 is 5.82 Å². The fraction of sp³-hybridized carbons (Fsp3) is 0.706. The molecular formula is C17H28N2. The minimum atomic E-state index is 0.563. The highest BCUT2D eigenvalue weighted by molar-refractivity contribution is 5.44. The second kappa shape index (κ2) is 5.94. The summed E-state index contributed by atoms with van der Waals surface area (Å²) in [7, 11) is 0. The molecule has 1 aromatic rings. The molecule has 0 spiro atoms. The van der Waals surface area contributed by atoms with E-state index in [1.54, 1.807) is 0 Å². The van der Waals surface area contributed by atoms with Gasteiger partial charge in [-0.2, -0.15) is 0 Å². The summed E-state index contributed by atoms with van der Waals surface area (Å²) in [6.07, 6.45) is 4.69. The van der Waals surface area contributed by atoms with Crippen molar-refractivity contribution in [3.8, 4) is 0 Å². The largest absolute Gasteiger partial charge is 0.357 e. The van der Waals surface area contributed by atoms with Gasteiger partial charge in [-0.15, -0.1) is 0 Å². The lowest BCUT2D eigenvalue weighted by Crippen LogP contribution is -2.35. The van der Waals surface area contributed by atoms with Gasteiger partial charge in [-0.1, -0.05) is 27.7 Å². The molecule has 1 fully saturated rings. The maximum Gasteiger partial charge on any atom is 0.128 e. The number of rotatable bonds is 3. The number of hydrogen-bond donors (Lipinski definition) is 0. The van der Waals surface area contributed by atoms with Gasteiger partial charge in [0.2, 0.25) is 0 Å². The van der Waals surface area contributed by atoms with E-state index in [0.29, 0.717) is 5.92 Å². The van der Waals surface area contributed by atoms with Gasteiger partial charge >= 0.3 is 0 Å². The Bertz CT molecular complexity index is 415. The lowest BCUT2D eigenvalue weighted by atomic mass is 9.87. The van der Waals surface area contributed by atoms with Crippen molar-refractivity contribution in [2.24, 2.45) is 11.8 Å². The smallest absolute Gasteiger partial charge is 0.128 e. The molecule has 106 valence electrons. The maximum atomic E-state index is 4.68. The van der Waals surface area contributed by atoms with E-state index in [2.05, 4.69) is 56.8 Å². The monoisotopic (exact) mass is 260 g/mol. The molecular weight excluding hydrogens is 232 g/mol. The zero-order chi connectivity index (χ0) is 14.0. The first kappa shape index (κ1) is 14.4. The van der Waals surface area contributed by atoms with Crippen LogP contribution in [0.4, 0.5) is 5.82 Å². The van der Waals surface area contributed by atoms with Crippen LogP contribution in [0.1, 0.15) is 57.6 Å². The Morgan fingerprint density at radius 1 is 1.16 bits per heavy atom. The summed E-state index contributed by atoms with van der Waals surface area (Å²) in [6.45, 7) is 13.7. The number of aryl methyl sites for hydroxylation is 1. The lowest BCUT2D eigenvalue weighted by Gasteiger charge is -2.34. The van der Waals surface area contributed by atoms with Crippen LogP contribution >= 0.6 is 0 Å². The molecule has 2 heteroatoms. The Labute approximate surface area is 118 Å². The van der Waals surface area contributed by atoms with Gasteiger partial charge < -0.3 is 4.90 Å². The van der Waals surface area contributed by atoms with Gasteiger partial charge in [0, 0.05) is 19.3 Å². The standard InChI is InChI=1S/C17H28N2/c1-12(2)15-6-8-19(9-7-15)17-10-14(5)16(11-18-17)13(3)4/h10-13,15H,6-9H2,1-5H3. The molecule has 0 bridgehead atoms. The number of piperidine rings is 1. The molecule has 1 saturated heterocycles. The predicted octanol–water partition coefficient (Wildman–Crippen LogP) is 4.39. The highest BCUT2D eigenvalue weighted by Crippen LogP contribution is 2.28. The number of anilines is 1. The van der Waals surface area contributed by atoms with E-state index in [-0.39, 0.29) is 0 Å². The molecule has 1 aliphatic heterocycles. The van der Waals surface area contributed by atoms with E-state index >= 15 is 0 Å². The Morgan fingerprint density at radius 2 is 1.79 bits per heavy atom. The zero-order valence-electron chi connectivity index (χ0n) is 13.1. The van der Waals surface area contributed by atoms with Crippen molar-refractivity contribution in [2.45, 2.75) is 53.4 Å². The average Bonchev–Trinajstić information content (AvgIpc) is 2.38. The zero-order valence-corrected chi connectivity index (χ0v) is 13.1. The molecule has 2 heterocycles. The fourth-order valence-corrected chi connectivity index (χ4v) is 3.12. The van der Waals surface area contributed by atoms with Crippen molar-refractivity contribution in [2.75, 3.05) is 18.0 Å². The molecule has 0 aromatic carbocycles. The maximum absolute atomic E-state index is 4.68. The molecule has 0 radical (unpaired) electrons. The number of aromatic nitrogens is 1. The quantitative estimate of drug-likeness (QED) is 0.801. The van der Waals surface area contributed by atoms with E-state index in [4.69, 9.17) is 0 Å². The number of nitrogens with zero attached hydrogens (tertiary/aromatic N) is 2. The summed E-state index contributed by atoms with van der Waals surface area (Å²) < 4.78 is 0. The van der Waals surface area contributed by atoms with Gasteiger partial charge in [-0.05, 0) is 54.7 Å². The molecule has 0 N–H and O–H groups in total. The van der Waals surface area contributed by atoms with Crippen LogP contribution < -0.4 is 4.90 Å². The highest BCUT2D eigenvalue weighted by atomic mass is 15.2. The van der Waals surface area contributed by atoms with Gasteiger partial charge in [-0.3, -0.25) is 0 Å². The third kappa shape index (κ3) is 3.29. The Hall–Kier alpha value is -1.05. The Kier molecular flexibility index (Phi) is 4.49. The summed E-state index contributed by atoms with van der Waals surface area (Å²) in [4.78, 5) is 7.13. The van der Waals surface area contributed by atoms with Crippen LogP contribution in [0.25, 0.3) is 0 Å². The normalized spacial score (nSPS) is 17.5. The van der Waals surface area contributed by atoms with E-state index in [1.165, 1.54) is 29.8 Å². The molecule has 0 amide bonds. The van der Waals surface area contributed by atoms with Gasteiger partial charge in [0.1, 0.15) is 5.82 Å². The molecule has 2 nitrogen and oxygen atoms in total. The summed E-state index contributed by atoms with van der Waals surface area (Å²) in [5.41, 5.74) is 2.76. The Balaban J connectivity index is 2.06. The van der Waals surface area contributed by atoms with E-state index < -0.39 is 0 Å². The average molecular weight is 260 g/mol. The lowest BCUT2D eigenvalue weighted by molar-refractivity contribution is 0.310. The van der Waals surface area contributed by atoms with Gasteiger partial charge in [0.25, 0.3) is 0 Å². The van der Waals surface area contributed by atoms with E-state index in [1.807, 2.05) is 0 Å². The minimum Gasteiger partial charge on any atom is -0.357 e. The van der Waals surface area contributed by atoms with Gasteiger partial charge in [0.15, 0.2) is 0 Å². The van der Waals surface area contributed by atoms with Gasteiger partial charge in [-0.25, -0.2) is 4.98 Å². The number of pyridine rings is 1. The molecule has 1 aliphatic rings. The van der Waals surface area contributed by atoms with Crippen molar-refractivity contribution in [3.05, 3.63) is 23.4 Å². The highest BCUT2D eigenvalue weighted by Gasteiger charge is 2.22. The third-order valence-electron chi connectivity index (χ3n) is 4.57. The summed E-state index contributed by atoms with van der Waals surface area (Å²) in [5, 5.41) is 0. The molecule has 0 saturated carbocycles. The second-order valence-corrected chi connectivity index (χ2v) is 6.62. The minimum absolute atomic E-state index is 0.563. The van der Waals surface area contributed by atoms with Crippen molar-refractivity contribution in [1.29, 1.82) is 0 Å². The first-order valence-corrected chi connectivity index (χ1v) is 7.70. The van der Waals surface area contributed by atoms with Crippen LogP contribution in [0.5, 0.6) is 0 Å². The molecule has 0 atom stereocenters. The van der Waals surface area contributed by atoms with Gasteiger partial charge in [0.05, 0.1) is 0 Å². The topological polar surface area (TPSA) is 16.1 Å². The molecule has 19 heavy (non-hydrogen) atoms. The van der Waals surface area contributed by atoms with Crippen molar-refractivity contribution in [3.63, 3.8) is 0 Å². The van der Waals surface area contributed by atoms with Crippen molar-refractivity contribution < 1.29 is 0 Å². The van der Waals surface area contributed by atoms with E-state index in [0.717, 1.165) is 24.9 Å². The van der Waals surface area contributed by atoms with Crippen molar-refractivity contribution in [1.82, 2.24) is 4.98 Å². The van der Waals surface area contributed by atoms with Crippen LogP contribution in [0.2, 0.25) is 0 Å². The predicted molar refractivity (Wildman–Crippen MR) is 82.8 cm³/mol. The second-order valence-electron chi connectivity index (χ2n) is 6.62. The van der Waals surface area contributed by atoms with E-state index in [9.17, 15) is 0 Å². The SMILES string of the molecule is Cc1cc(N2CCC(C(C)C)CC2)ncc1C(C)C. The summed E-state index contributed by atoms with van der Waals surface area (Å²) in [6, 6.07) is 2.27. The Morgan fingerprint density at radius 3 is 2.26 bits per heavy atom. The third-order valence-corrected chi connectivity index (χ3v) is 4.57. The molecule has 0 aliphatic carbocycles. The first-order valence-electron chi connectivity index (χ1n) is 7.70. The molecule has 1 aromatic heterocycles. The summed E-state index contributed by atoms with van der Waals surface area (Å²) in [5.74, 6) is 3.45. The van der Waals surface area contributed by atoms with Crippen LogP contribution in [-0.4, -0.2) is 18.1 Å².